The molecule has 0 aliphatic rings. The zero-order valence-corrected chi connectivity index (χ0v) is 13.3. The first kappa shape index (κ1) is 17.2. The topological polar surface area (TPSA) is 112 Å². The molecule has 0 unspecified atom stereocenters. The number of aromatic nitrogens is 4. The fourth-order valence-corrected chi connectivity index (χ4v) is 1.86. The van der Waals surface area contributed by atoms with E-state index in [2.05, 4.69) is 21.5 Å². The van der Waals surface area contributed by atoms with Crippen LogP contribution >= 0.6 is 0 Å². The van der Waals surface area contributed by atoms with Crippen LogP contribution in [0, 0.1) is 11.3 Å². The maximum absolute atomic E-state index is 8.81. The van der Waals surface area contributed by atoms with Crippen LogP contribution in [0.25, 0.3) is 11.2 Å². The number of fused-ring (bicyclic) bond motifs is 1. The highest BCUT2D eigenvalue weighted by Crippen LogP contribution is 2.19. The van der Waals surface area contributed by atoms with Crippen molar-refractivity contribution in [2.24, 2.45) is 0 Å². The average Bonchev–Trinajstić information content (AvgIpc) is 2.99. The number of allylic oxidation sites excluding steroid dienone is 5. The fourth-order valence-electron chi connectivity index (χ4n) is 1.86. The Labute approximate surface area is 139 Å². The van der Waals surface area contributed by atoms with Crippen molar-refractivity contribution in [2.75, 3.05) is 26.1 Å². The predicted molar refractivity (Wildman–Crippen MR) is 90.1 cm³/mol. The first-order valence-corrected chi connectivity index (χ1v) is 7.19. The fraction of sp³-hybridized carbons (Fsp3) is 0.250. The Kier molecular flexibility index (Phi) is 6.05. The summed E-state index contributed by atoms with van der Waals surface area (Å²) in [5.41, 5.74) is 7.47. The van der Waals surface area contributed by atoms with Gasteiger partial charge in [-0.1, -0.05) is 24.8 Å². The van der Waals surface area contributed by atoms with Gasteiger partial charge in [-0.2, -0.15) is 15.2 Å². The van der Waals surface area contributed by atoms with Gasteiger partial charge in [-0.05, 0) is 6.08 Å². The minimum atomic E-state index is 0.182. The standard InChI is InChI=1S/C16H18N6O2/c1-3-12(10-17)6-4-5-7-22-11-19-13-14(18)20-16(21-15(13)22)24-9-8-23-2/h3-6,11H,1,7-9H2,2H3,(H2,18,20,21)/b5-4+,12-6+. The molecule has 0 saturated carbocycles. The van der Waals surface area contributed by atoms with Crippen LogP contribution in [0.2, 0.25) is 0 Å². The molecule has 0 bridgehead atoms. The summed E-state index contributed by atoms with van der Waals surface area (Å²) >= 11 is 0. The van der Waals surface area contributed by atoms with Crippen molar-refractivity contribution in [2.45, 2.75) is 6.54 Å². The van der Waals surface area contributed by atoms with Gasteiger partial charge >= 0.3 is 6.01 Å². The quantitative estimate of drug-likeness (QED) is 0.445. The molecule has 2 aromatic rings. The number of hydrogen-bond acceptors (Lipinski definition) is 7. The van der Waals surface area contributed by atoms with E-state index < -0.39 is 0 Å². The summed E-state index contributed by atoms with van der Waals surface area (Å²) in [5, 5.41) is 8.81. The van der Waals surface area contributed by atoms with Gasteiger partial charge in [-0.3, -0.25) is 0 Å². The lowest BCUT2D eigenvalue weighted by atomic mass is 10.2. The van der Waals surface area contributed by atoms with Crippen LogP contribution in [0.3, 0.4) is 0 Å². The molecule has 0 fully saturated rings. The molecule has 0 saturated heterocycles. The lowest BCUT2D eigenvalue weighted by molar-refractivity contribution is 0.141. The maximum atomic E-state index is 8.81. The van der Waals surface area contributed by atoms with Gasteiger partial charge in [0.1, 0.15) is 6.61 Å². The van der Waals surface area contributed by atoms with E-state index in [-0.39, 0.29) is 11.8 Å². The van der Waals surface area contributed by atoms with E-state index >= 15 is 0 Å². The summed E-state index contributed by atoms with van der Waals surface area (Å²) < 4.78 is 12.1. The minimum Gasteiger partial charge on any atom is -0.461 e. The third-order valence-electron chi connectivity index (χ3n) is 3.05. The zero-order valence-electron chi connectivity index (χ0n) is 13.3. The number of nitriles is 1. The molecule has 0 aliphatic carbocycles. The second kappa shape index (κ2) is 8.45. The molecule has 0 radical (unpaired) electrons. The molecule has 0 atom stereocenters. The van der Waals surface area contributed by atoms with Gasteiger partial charge < -0.3 is 19.8 Å². The second-order valence-electron chi connectivity index (χ2n) is 4.67. The first-order chi connectivity index (χ1) is 11.7. The van der Waals surface area contributed by atoms with Crippen molar-refractivity contribution in [3.05, 3.63) is 42.8 Å². The van der Waals surface area contributed by atoms with Crippen LogP contribution in [-0.4, -0.2) is 39.8 Å². The van der Waals surface area contributed by atoms with Crippen LogP contribution in [0.15, 0.2) is 42.8 Å². The van der Waals surface area contributed by atoms with E-state index in [1.54, 1.807) is 30.2 Å². The molecule has 124 valence electrons. The molecule has 2 heterocycles. The molecule has 0 spiro atoms. The average molecular weight is 326 g/mol. The highest BCUT2D eigenvalue weighted by atomic mass is 16.5. The molecular formula is C16H18N6O2. The number of imidazole rings is 1. The molecule has 2 N–H and O–H groups in total. The Morgan fingerprint density at radius 2 is 2.29 bits per heavy atom. The summed E-state index contributed by atoms with van der Waals surface area (Å²) in [6.07, 6.45) is 8.43. The Balaban J connectivity index is 2.19. The van der Waals surface area contributed by atoms with Crippen molar-refractivity contribution in [1.29, 1.82) is 5.26 Å². The number of rotatable bonds is 8. The van der Waals surface area contributed by atoms with Gasteiger partial charge in [0, 0.05) is 13.7 Å². The van der Waals surface area contributed by atoms with Crippen LogP contribution in [-0.2, 0) is 11.3 Å². The number of nitrogen functional groups attached to an aromatic ring is 1. The second-order valence-corrected chi connectivity index (χ2v) is 4.67. The van der Waals surface area contributed by atoms with Crippen molar-refractivity contribution in [1.82, 2.24) is 19.5 Å². The van der Waals surface area contributed by atoms with E-state index in [1.165, 1.54) is 6.08 Å². The summed E-state index contributed by atoms with van der Waals surface area (Å²) in [6, 6.07) is 2.20. The van der Waals surface area contributed by atoms with E-state index in [0.29, 0.717) is 36.5 Å². The SMILES string of the molecule is C=C/C(C#N)=C\C=C\Cn1cnc2c(N)nc(OCCOC)nc21. The van der Waals surface area contributed by atoms with E-state index in [9.17, 15) is 0 Å². The van der Waals surface area contributed by atoms with Crippen molar-refractivity contribution in [3.8, 4) is 12.1 Å². The maximum Gasteiger partial charge on any atom is 0.320 e. The normalized spacial score (nSPS) is 11.8. The van der Waals surface area contributed by atoms with Gasteiger partial charge in [0.2, 0.25) is 0 Å². The zero-order chi connectivity index (χ0) is 17.4. The van der Waals surface area contributed by atoms with E-state index in [1.807, 2.05) is 12.1 Å². The van der Waals surface area contributed by atoms with Crippen LogP contribution in [0.4, 0.5) is 5.82 Å². The predicted octanol–water partition coefficient (Wildman–Crippen LogP) is 1.63. The number of hydrogen-bond donors (Lipinski definition) is 1. The summed E-state index contributed by atoms with van der Waals surface area (Å²) in [6.45, 7) is 4.83. The van der Waals surface area contributed by atoms with Crippen molar-refractivity contribution >= 4 is 17.0 Å². The number of ether oxygens (including phenoxy) is 2. The van der Waals surface area contributed by atoms with Gasteiger partial charge in [-0.25, -0.2) is 4.98 Å². The largest absolute Gasteiger partial charge is 0.461 e. The number of nitrogens with two attached hydrogens (primary N) is 1. The number of nitrogens with zero attached hydrogens (tertiary/aromatic N) is 5. The molecule has 2 aromatic heterocycles. The van der Waals surface area contributed by atoms with Gasteiger partial charge in [0.15, 0.2) is 17.0 Å². The minimum absolute atomic E-state index is 0.182. The monoisotopic (exact) mass is 326 g/mol. The lowest BCUT2D eigenvalue weighted by Gasteiger charge is -2.05. The Morgan fingerprint density at radius 3 is 3.00 bits per heavy atom. The lowest BCUT2D eigenvalue weighted by Crippen LogP contribution is -2.08. The first-order valence-electron chi connectivity index (χ1n) is 7.19. The van der Waals surface area contributed by atoms with Crippen molar-refractivity contribution in [3.63, 3.8) is 0 Å². The Hall–Kier alpha value is -3.18. The van der Waals surface area contributed by atoms with Crippen molar-refractivity contribution < 1.29 is 9.47 Å². The Bertz CT molecular complexity index is 816. The summed E-state index contributed by atoms with van der Waals surface area (Å²) in [5.74, 6) is 0.258. The highest BCUT2D eigenvalue weighted by molar-refractivity contribution is 5.81. The molecule has 8 heteroatoms. The summed E-state index contributed by atoms with van der Waals surface area (Å²) in [4.78, 5) is 12.6. The van der Waals surface area contributed by atoms with Crippen LogP contribution < -0.4 is 10.5 Å². The molecule has 0 amide bonds. The van der Waals surface area contributed by atoms with Crippen LogP contribution in [0.5, 0.6) is 6.01 Å². The molecular weight excluding hydrogens is 308 g/mol. The highest BCUT2D eigenvalue weighted by Gasteiger charge is 2.11. The molecule has 0 aliphatic heterocycles. The molecule has 24 heavy (non-hydrogen) atoms. The third-order valence-corrected chi connectivity index (χ3v) is 3.05. The number of methoxy groups -OCH3 is 1. The van der Waals surface area contributed by atoms with E-state index in [4.69, 9.17) is 20.5 Å². The molecule has 0 aromatic carbocycles. The van der Waals surface area contributed by atoms with Crippen LogP contribution in [0.1, 0.15) is 0 Å². The number of anilines is 1. The van der Waals surface area contributed by atoms with E-state index in [0.717, 1.165) is 0 Å². The van der Waals surface area contributed by atoms with Gasteiger partial charge in [0.25, 0.3) is 0 Å². The molecule has 8 nitrogen and oxygen atoms in total. The van der Waals surface area contributed by atoms with Gasteiger partial charge in [-0.15, -0.1) is 0 Å². The smallest absolute Gasteiger partial charge is 0.320 e. The Morgan fingerprint density at radius 1 is 1.46 bits per heavy atom. The third kappa shape index (κ3) is 4.18. The molecule has 2 rings (SSSR count). The summed E-state index contributed by atoms with van der Waals surface area (Å²) in [7, 11) is 1.59. The van der Waals surface area contributed by atoms with Gasteiger partial charge in [0.05, 0.1) is 24.6 Å².